The second-order valence-corrected chi connectivity index (χ2v) is 9.11. The molecule has 4 N–H and O–H groups in total. The molecule has 0 unspecified atom stereocenters. The number of amides is 1. The summed E-state index contributed by atoms with van der Waals surface area (Å²) in [6.45, 7) is -0.00781. The molecule has 0 aromatic heterocycles. The van der Waals surface area contributed by atoms with Crippen LogP contribution in [0, 0.1) is 11.6 Å². The number of aliphatic hydroxyl groups is 2. The monoisotopic (exact) mass is 578 g/mol. The number of hydrogen-bond donors (Lipinski definition) is 4. The molecule has 1 fully saturated rings. The number of aliphatic carboxylic acids is 1. The van der Waals surface area contributed by atoms with Crippen LogP contribution >= 0.6 is 11.6 Å². The number of carbonyl (C=O) groups excluding carboxylic acids is 1. The Morgan fingerprint density at radius 3 is 2.54 bits per heavy atom. The van der Waals surface area contributed by atoms with E-state index in [4.69, 9.17) is 21.1 Å². The van der Waals surface area contributed by atoms with E-state index in [1.54, 1.807) is 0 Å². The van der Waals surface area contributed by atoms with Gasteiger partial charge in [0, 0.05) is 29.1 Å². The standard InChI is InChI=1S/C25H27ClF2N2O8.Na/c1-13(31)30-18-9-10-25(24(35)36,37-12-15-3-2-4-17(27)20(15)28)38-22(18)21(33)19(32)11-29-23(34)14-5-7-16(26)8-6-14;/h2-8,18-19,21-22,32-33H,9-12H2,1H3,(H,29,34)(H,30,31)(H,35,36);/q;+1/p-1/t18-,19-,21-,22-,25-;/m1./s1. The Hall–Kier alpha value is -2.16. The molecule has 5 atom stereocenters. The topological polar surface area (TPSA) is 161 Å². The van der Waals surface area contributed by atoms with Gasteiger partial charge in [0.05, 0.1) is 18.8 Å². The minimum absolute atomic E-state index is 0. The molecule has 10 nitrogen and oxygen atoms in total. The number of hydrogen-bond acceptors (Lipinski definition) is 8. The van der Waals surface area contributed by atoms with Gasteiger partial charge in [-0.15, -0.1) is 0 Å². The second-order valence-electron chi connectivity index (χ2n) is 8.67. The molecule has 206 valence electrons. The first-order valence-corrected chi connectivity index (χ1v) is 11.9. The number of aliphatic hydroxyl groups excluding tert-OH is 2. The van der Waals surface area contributed by atoms with Gasteiger partial charge in [-0.1, -0.05) is 23.7 Å². The van der Waals surface area contributed by atoms with Crippen molar-refractivity contribution in [1.29, 1.82) is 0 Å². The number of rotatable bonds is 10. The predicted octanol–water partition coefficient (Wildman–Crippen LogP) is -1.60. The third kappa shape index (κ3) is 8.41. The van der Waals surface area contributed by atoms with Crippen molar-refractivity contribution in [3.05, 3.63) is 70.2 Å². The van der Waals surface area contributed by atoms with Crippen molar-refractivity contribution < 1.29 is 77.8 Å². The van der Waals surface area contributed by atoms with Crippen molar-refractivity contribution in [3.63, 3.8) is 0 Å². The Kier molecular flexibility index (Phi) is 12.3. The summed E-state index contributed by atoms with van der Waals surface area (Å²) in [5.41, 5.74) is -0.0378. The molecule has 3 rings (SSSR count). The maximum Gasteiger partial charge on any atom is 1.00 e. The smallest absolute Gasteiger partial charge is 0.862 e. The number of carboxylic acids is 1. The largest absolute Gasteiger partial charge is 1.00 e. The van der Waals surface area contributed by atoms with E-state index >= 15 is 0 Å². The molecule has 2 aromatic carbocycles. The van der Waals surface area contributed by atoms with Gasteiger partial charge in [0.25, 0.3) is 11.7 Å². The van der Waals surface area contributed by atoms with Crippen LogP contribution < -0.4 is 40.0 Å². The zero-order valence-electron chi connectivity index (χ0n) is 21.1. The van der Waals surface area contributed by atoms with Gasteiger partial charge in [0.2, 0.25) is 0 Å². The van der Waals surface area contributed by atoms with Crippen molar-refractivity contribution in [2.75, 3.05) is 6.54 Å². The number of nitrogens with one attached hydrogen (secondary N) is 1. The van der Waals surface area contributed by atoms with Gasteiger partial charge in [0.15, 0.2) is 11.6 Å². The first kappa shape index (κ1) is 33.0. The van der Waals surface area contributed by atoms with Crippen LogP contribution in [0.15, 0.2) is 47.5 Å². The SMILES string of the molecule is CC([O-])=N[C@@H]1CC[C@](OCc2cccc(F)c2F)(C(=O)O)O[C@H]1[C@H](O)[C@H](O)CNC(=O)c1ccc(Cl)cc1.[Na+]. The molecule has 0 bridgehead atoms. The van der Waals surface area contributed by atoms with Gasteiger partial charge >= 0.3 is 35.5 Å². The fourth-order valence-electron chi connectivity index (χ4n) is 3.95. The van der Waals surface area contributed by atoms with E-state index < -0.39 is 72.7 Å². The summed E-state index contributed by atoms with van der Waals surface area (Å²) in [6.07, 6.45) is -5.55. The molecule has 1 aliphatic rings. The maximum absolute atomic E-state index is 14.1. The van der Waals surface area contributed by atoms with Crippen molar-refractivity contribution in [2.24, 2.45) is 4.99 Å². The summed E-state index contributed by atoms with van der Waals surface area (Å²) in [5.74, 6) is -7.65. The van der Waals surface area contributed by atoms with Crippen molar-refractivity contribution >= 4 is 29.4 Å². The molecule has 0 aliphatic carbocycles. The van der Waals surface area contributed by atoms with E-state index in [0.29, 0.717) is 5.02 Å². The Morgan fingerprint density at radius 2 is 1.92 bits per heavy atom. The van der Waals surface area contributed by atoms with E-state index in [2.05, 4.69) is 10.3 Å². The summed E-state index contributed by atoms with van der Waals surface area (Å²) in [5, 5.41) is 45.8. The number of carboxylic acid groups (broad SMARTS) is 1. The van der Waals surface area contributed by atoms with E-state index in [1.807, 2.05) is 0 Å². The third-order valence-corrected chi connectivity index (χ3v) is 6.20. The molecule has 2 aromatic rings. The quantitative estimate of drug-likeness (QED) is 0.149. The van der Waals surface area contributed by atoms with Crippen LogP contribution in [0.3, 0.4) is 0 Å². The summed E-state index contributed by atoms with van der Waals surface area (Å²) in [4.78, 5) is 28.4. The average molecular weight is 579 g/mol. The Balaban J connectivity index is 0.00000533. The molecule has 39 heavy (non-hydrogen) atoms. The molecule has 14 heteroatoms. The number of ether oxygens (including phenoxy) is 2. The van der Waals surface area contributed by atoms with Gasteiger partial charge in [-0.05, 0) is 49.6 Å². The van der Waals surface area contributed by atoms with Gasteiger partial charge in [-0.25, -0.2) is 13.6 Å². The number of benzene rings is 2. The van der Waals surface area contributed by atoms with E-state index in [0.717, 1.165) is 13.0 Å². The molecular formula is C25H26ClF2N2NaO8. The molecule has 0 spiro atoms. The predicted molar refractivity (Wildman–Crippen MR) is 128 cm³/mol. The second kappa shape index (κ2) is 14.5. The molecular weight excluding hydrogens is 553 g/mol. The fraction of sp³-hybridized carbons (Fsp3) is 0.400. The van der Waals surface area contributed by atoms with Crippen LogP contribution in [0.4, 0.5) is 8.78 Å². The number of carbonyl (C=O) groups is 2. The molecule has 1 heterocycles. The van der Waals surface area contributed by atoms with E-state index in [1.165, 1.54) is 36.4 Å². The minimum atomic E-state index is -2.43. The van der Waals surface area contributed by atoms with Crippen molar-refractivity contribution in [3.8, 4) is 0 Å². The Morgan fingerprint density at radius 1 is 1.26 bits per heavy atom. The number of nitrogens with zero attached hydrogens (tertiary/aromatic N) is 1. The van der Waals surface area contributed by atoms with Gasteiger partial charge in [-0.2, -0.15) is 0 Å². The zero-order valence-corrected chi connectivity index (χ0v) is 23.9. The average Bonchev–Trinajstić information content (AvgIpc) is 2.88. The zero-order chi connectivity index (χ0) is 28.0. The normalized spacial score (nSPS) is 22.9. The summed E-state index contributed by atoms with van der Waals surface area (Å²) >= 11 is 5.80. The Bertz CT molecular complexity index is 1190. The van der Waals surface area contributed by atoms with E-state index in [-0.39, 0.29) is 53.5 Å². The van der Waals surface area contributed by atoms with E-state index in [9.17, 15) is 38.8 Å². The van der Waals surface area contributed by atoms with Gasteiger partial charge in [-0.3, -0.25) is 9.79 Å². The third-order valence-electron chi connectivity index (χ3n) is 5.95. The Labute approximate surface area is 249 Å². The van der Waals surface area contributed by atoms with Crippen LogP contribution in [0.25, 0.3) is 0 Å². The summed E-state index contributed by atoms with van der Waals surface area (Å²) in [6, 6.07) is 8.12. The molecule has 1 saturated heterocycles. The number of halogens is 3. The first-order valence-electron chi connectivity index (χ1n) is 11.5. The number of aliphatic imine (C=N–C) groups is 1. The van der Waals surface area contributed by atoms with Crippen LogP contribution in [-0.2, 0) is 20.9 Å². The molecule has 1 aliphatic heterocycles. The van der Waals surface area contributed by atoms with Gasteiger partial charge < -0.3 is 35.2 Å². The van der Waals surface area contributed by atoms with Gasteiger partial charge in [0.1, 0.15) is 12.2 Å². The van der Waals surface area contributed by atoms with Crippen LogP contribution in [-0.4, -0.2) is 69.8 Å². The summed E-state index contributed by atoms with van der Waals surface area (Å²) in [7, 11) is 0. The van der Waals surface area contributed by atoms with Crippen LogP contribution in [0.2, 0.25) is 5.02 Å². The fourth-order valence-corrected chi connectivity index (χ4v) is 4.07. The molecule has 0 saturated carbocycles. The maximum atomic E-state index is 14.1. The van der Waals surface area contributed by atoms with Crippen LogP contribution in [0.1, 0.15) is 35.7 Å². The van der Waals surface area contributed by atoms with Crippen molar-refractivity contribution in [1.82, 2.24) is 5.32 Å². The minimum Gasteiger partial charge on any atom is -0.862 e. The van der Waals surface area contributed by atoms with Crippen molar-refractivity contribution in [2.45, 2.75) is 56.5 Å². The van der Waals surface area contributed by atoms with Crippen LogP contribution in [0.5, 0.6) is 0 Å². The summed E-state index contributed by atoms with van der Waals surface area (Å²) < 4.78 is 38.7. The molecule has 1 amide bonds. The first-order chi connectivity index (χ1) is 17.9. The molecule has 0 radical (unpaired) electrons.